The molecule has 0 spiro atoms. The van der Waals surface area contributed by atoms with E-state index in [1.807, 2.05) is 0 Å². The van der Waals surface area contributed by atoms with E-state index in [2.05, 4.69) is 11.6 Å². The van der Waals surface area contributed by atoms with Gasteiger partial charge in [0.05, 0.1) is 0 Å². The van der Waals surface area contributed by atoms with Gasteiger partial charge < -0.3 is 16.4 Å². The van der Waals surface area contributed by atoms with Crippen molar-refractivity contribution in [3.63, 3.8) is 0 Å². The number of hydrogen-bond donors (Lipinski definition) is 3. The fourth-order valence-corrected chi connectivity index (χ4v) is 0. The quantitative estimate of drug-likeness (QED) is 0.307. The smallest absolute Gasteiger partial charge is 0.240 e. The molecule has 0 radical (unpaired) electrons. The fraction of sp³-hybridized carbons (Fsp3) is 1.00. The van der Waals surface area contributed by atoms with Gasteiger partial charge in [-0.25, -0.2) is 0 Å². The molecule has 0 aromatic rings. The lowest BCUT2D eigenvalue weighted by atomic mass is 10.8. The van der Waals surface area contributed by atoms with Crippen LogP contribution in [0.3, 0.4) is 0 Å². The van der Waals surface area contributed by atoms with E-state index < -0.39 is 5.25 Å². The van der Waals surface area contributed by atoms with E-state index in [0.717, 1.165) is 6.92 Å². The normalized spacial score (nSPS) is 10.0. The van der Waals surface area contributed by atoms with Crippen LogP contribution in [-0.2, 0) is 0 Å². The van der Waals surface area contributed by atoms with Gasteiger partial charge >= 0.3 is 0 Å². The van der Waals surface area contributed by atoms with E-state index in [-0.39, 0.29) is 6.15 Å². The monoisotopic (exact) mass is 113 g/mol. The molecule has 6 heavy (non-hydrogen) atoms. The van der Waals surface area contributed by atoms with Gasteiger partial charge in [-0.15, -0.1) is 0 Å². The van der Waals surface area contributed by atoms with Gasteiger partial charge in [0.15, 0.2) is 0 Å². The first-order chi connectivity index (χ1) is 2.00. The Balaban J connectivity index is 0. The Labute approximate surface area is 41.1 Å². The third kappa shape index (κ3) is 1450. The highest BCUT2D eigenvalue weighted by molar-refractivity contribution is 6.21. The summed E-state index contributed by atoms with van der Waals surface area (Å²) in [5, 5.41) is 13.7. The molecule has 0 bridgehead atoms. The molecule has 0 unspecified atom stereocenters. The minimum atomic E-state index is -2.03. The van der Waals surface area contributed by atoms with E-state index in [0.29, 0.717) is 0 Å². The Morgan fingerprint density at radius 2 is 1.50 bits per heavy atom. The summed E-state index contributed by atoms with van der Waals surface area (Å²) >= 11 is 4.64. The van der Waals surface area contributed by atoms with Gasteiger partial charge in [0.2, 0.25) is 5.25 Å². The van der Waals surface area contributed by atoms with Crippen molar-refractivity contribution in [2.45, 2.75) is 12.2 Å². The van der Waals surface area contributed by atoms with Crippen molar-refractivity contribution in [3.8, 4) is 0 Å². The van der Waals surface area contributed by atoms with E-state index in [1.165, 1.54) is 0 Å². The molecular weight excluding hydrogens is 105 g/mol. The van der Waals surface area contributed by atoms with Gasteiger partial charge in [0.25, 0.3) is 0 Å². The minimum Gasteiger partial charge on any atom is -0.354 e. The second kappa shape index (κ2) is 2.36. The number of hydrogen-bond acceptors (Lipinski definition) is 3. The first-order valence-electron chi connectivity index (χ1n) is 1.14. The van der Waals surface area contributed by atoms with E-state index in [9.17, 15) is 0 Å². The van der Waals surface area contributed by atoms with Gasteiger partial charge in [-0.2, -0.15) is 0 Å². The van der Waals surface area contributed by atoms with Crippen molar-refractivity contribution >= 4 is 11.6 Å². The molecule has 0 amide bonds. The molecule has 0 aromatic carbocycles. The van der Waals surface area contributed by atoms with Crippen LogP contribution in [0.2, 0.25) is 0 Å². The van der Waals surface area contributed by atoms with Gasteiger partial charge in [-0.1, -0.05) is 11.6 Å². The maximum absolute atomic E-state index is 7.84. The van der Waals surface area contributed by atoms with Crippen LogP contribution >= 0.6 is 11.6 Å². The van der Waals surface area contributed by atoms with Crippen molar-refractivity contribution in [1.29, 1.82) is 0 Å². The molecule has 0 saturated heterocycles. The summed E-state index contributed by atoms with van der Waals surface area (Å²) in [5.74, 6) is 0. The minimum absolute atomic E-state index is 0. The van der Waals surface area contributed by atoms with Crippen LogP contribution in [0.5, 0.6) is 0 Å². The SMILES string of the molecule is CC(O)(O)Cl.N. The Morgan fingerprint density at radius 3 is 1.50 bits per heavy atom. The largest absolute Gasteiger partial charge is 0.354 e. The second-order valence-electron chi connectivity index (χ2n) is 0.905. The molecule has 40 valence electrons. The predicted molar refractivity (Wildman–Crippen MR) is 23.7 cm³/mol. The number of halogens is 1. The van der Waals surface area contributed by atoms with Crippen LogP contribution in [0, 0.1) is 0 Å². The Kier molecular flexibility index (Phi) is 3.73. The number of alkyl halides is 1. The molecule has 0 aromatic heterocycles. The molecule has 3 nitrogen and oxygen atoms in total. The summed E-state index contributed by atoms with van der Waals surface area (Å²) in [4.78, 5) is 0. The van der Waals surface area contributed by atoms with Crippen molar-refractivity contribution < 1.29 is 10.2 Å². The van der Waals surface area contributed by atoms with Crippen LogP contribution in [0.15, 0.2) is 0 Å². The van der Waals surface area contributed by atoms with Crippen molar-refractivity contribution in [2.75, 3.05) is 0 Å². The second-order valence-corrected chi connectivity index (χ2v) is 1.62. The molecule has 0 fully saturated rings. The van der Waals surface area contributed by atoms with E-state index >= 15 is 0 Å². The Hall–Kier alpha value is 0.170. The third-order valence-electron chi connectivity index (χ3n) is 0. The average Bonchev–Trinajstić information content (AvgIpc) is 0.722. The summed E-state index contributed by atoms with van der Waals surface area (Å²) in [5.41, 5.74) is 0. The van der Waals surface area contributed by atoms with Crippen LogP contribution in [0.25, 0.3) is 0 Å². The lowest BCUT2D eigenvalue weighted by Crippen LogP contribution is -2.11. The van der Waals surface area contributed by atoms with Crippen molar-refractivity contribution in [3.05, 3.63) is 0 Å². The summed E-state index contributed by atoms with van der Waals surface area (Å²) in [6.07, 6.45) is 0. The highest BCUT2D eigenvalue weighted by Gasteiger charge is 2.04. The summed E-state index contributed by atoms with van der Waals surface area (Å²) in [7, 11) is 0. The molecule has 4 heteroatoms. The predicted octanol–water partition coefficient (Wildman–Crippen LogP) is 0.0455. The maximum Gasteiger partial charge on any atom is 0.240 e. The zero-order valence-corrected chi connectivity index (χ0v) is 4.24. The Morgan fingerprint density at radius 1 is 1.50 bits per heavy atom. The zero-order chi connectivity index (χ0) is 4.50. The molecule has 0 atom stereocenters. The molecule has 0 aliphatic carbocycles. The number of rotatable bonds is 0. The van der Waals surface area contributed by atoms with Crippen LogP contribution in [0.1, 0.15) is 6.92 Å². The molecule has 5 N–H and O–H groups in total. The summed E-state index contributed by atoms with van der Waals surface area (Å²) in [6, 6.07) is 0. The lowest BCUT2D eigenvalue weighted by molar-refractivity contribution is -0.0670. The molecule has 0 aliphatic heterocycles. The van der Waals surface area contributed by atoms with Crippen molar-refractivity contribution in [1.82, 2.24) is 6.15 Å². The highest BCUT2D eigenvalue weighted by atomic mass is 35.5. The van der Waals surface area contributed by atoms with E-state index in [4.69, 9.17) is 10.2 Å². The molecule has 0 heterocycles. The topological polar surface area (TPSA) is 75.5 Å². The van der Waals surface area contributed by atoms with Crippen LogP contribution in [0.4, 0.5) is 0 Å². The third-order valence-corrected chi connectivity index (χ3v) is 0. The van der Waals surface area contributed by atoms with Gasteiger partial charge in [-0.3, -0.25) is 0 Å². The van der Waals surface area contributed by atoms with Crippen molar-refractivity contribution in [2.24, 2.45) is 0 Å². The van der Waals surface area contributed by atoms with Gasteiger partial charge in [0, 0.05) is 6.92 Å². The summed E-state index contributed by atoms with van der Waals surface area (Å²) < 4.78 is 0. The average molecular weight is 114 g/mol. The standard InChI is InChI=1S/C2H5ClO2.H3N/c1-2(3,4)5;/h4-5H,1H3;1H3. The van der Waals surface area contributed by atoms with E-state index in [1.54, 1.807) is 0 Å². The van der Waals surface area contributed by atoms with Crippen LogP contribution in [-0.4, -0.2) is 15.5 Å². The first kappa shape index (κ1) is 9.48. The molecular formula is C2H8ClNO2. The highest BCUT2D eigenvalue weighted by Crippen LogP contribution is 1.99. The maximum atomic E-state index is 7.84. The van der Waals surface area contributed by atoms with Gasteiger partial charge in [0.1, 0.15) is 0 Å². The summed E-state index contributed by atoms with van der Waals surface area (Å²) in [6.45, 7) is 1.06. The number of aliphatic hydroxyl groups is 2. The van der Waals surface area contributed by atoms with Gasteiger partial charge in [-0.05, 0) is 0 Å². The van der Waals surface area contributed by atoms with Crippen LogP contribution < -0.4 is 6.15 Å². The Bertz CT molecular complexity index is 27.0. The first-order valence-corrected chi connectivity index (χ1v) is 1.51. The molecule has 0 aliphatic rings. The molecule has 0 saturated carbocycles. The molecule has 0 rings (SSSR count). The lowest BCUT2D eigenvalue weighted by Gasteiger charge is -1.99. The fourth-order valence-electron chi connectivity index (χ4n) is 0. The zero-order valence-electron chi connectivity index (χ0n) is 3.48.